The van der Waals surface area contributed by atoms with Gasteiger partial charge >= 0.3 is 0 Å². The normalized spacial score (nSPS) is 21.9. The number of pyridine rings is 1. The topological polar surface area (TPSA) is 42.7 Å². The largest absolute Gasteiger partial charge is 0.304 e. The Balaban J connectivity index is 1.49. The molecular weight excluding hydrogens is 272 g/mol. The second-order valence-electron chi connectivity index (χ2n) is 6.64. The summed E-state index contributed by atoms with van der Waals surface area (Å²) in [4.78, 5) is 4.19. The summed E-state index contributed by atoms with van der Waals surface area (Å²) >= 11 is 0. The molecule has 2 aliphatic carbocycles. The first kappa shape index (κ1) is 13.9. The Morgan fingerprint density at radius 3 is 2.91 bits per heavy atom. The smallest absolute Gasteiger partial charge is 0.0826 e. The van der Waals surface area contributed by atoms with E-state index in [-0.39, 0.29) is 0 Å². The van der Waals surface area contributed by atoms with Gasteiger partial charge in [-0.1, -0.05) is 18.9 Å². The minimum Gasteiger partial charge on any atom is -0.304 e. The zero-order valence-corrected chi connectivity index (χ0v) is 13.0. The second kappa shape index (κ2) is 6.21. The number of hydrogen-bond donors (Lipinski definition) is 1. The maximum absolute atomic E-state index is 4.97. The number of nitrogens with zero attached hydrogens (tertiary/aromatic N) is 3. The van der Waals surface area contributed by atoms with E-state index in [1.807, 2.05) is 18.5 Å². The van der Waals surface area contributed by atoms with Gasteiger partial charge < -0.3 is 5.32 Å². The molecule has 4 rings (SSSR count). The second-order valence-corrected chi connectivity index (χ2v) is 6.64. The van der Waals surface area contributed by atoms with Crippen LogP contribution in [0.4, 0.5) is 0 Å². The van der Waals surface area contributed by atoms with Crippen molar-refractivity contribution in [1.82, 2.24) is 20.1 Å². The summed E-state index contributed by atoms with van der Waals surface area (Å²) in [6, 6.07) is 5.16. The van der Waals surface area contributed by atoms with Crippen molar-refractivity contribution in [2.75, 3.05) is 0 Å². The molecule has 0 aliphatic heterocycles. The molecule has 1 atom stereocenters. The molecule has 1 fully saturated rings. The molecule has 0 bridgehead atoms. The quantitative estimate of drug-likeness (QED) is 0.938. The SMILES string of the molecule is c1cncc(CN[C@H]2CCCc3cn(C4CCCC4)nc32)c1. The van der Waals surface area contributed by atoms with Gasteiger partial charge in [-0.25, -0.2) is 0 Å². The van der Waals surface area contributed by atoms with Gasteiger partial charge in [-0.3, -0.25) is 9.67 Å². The molecule has 22 heavy (non-hydrogen) atoms. The zero-order valence-electron chi connectivity index (χ0n) is 13.0. The van der Waals surface area contributed by atoms with Crippen LogP contribution in [0.3, 0.4) is 0 Å². The highest BCUT2D eigenvalue weighted by molar-refractivity contribution is 5.24. The Hall–Kier alpha value is -1.68. The van der Waals surface area contributed by atoms with Crippen molar-refractivity contribution in [2.24, 2.45) is 0 Å². The molecule has 4 heteroatoms. The van der Waals surface area contributed by atoms with Crippen molar-refractivity contribution in [2.45, 2.75) is 63.6 Å². The van der Waals surface area contributed by atoms with E-state index in [0.717, 1.165) is 6.54 Å². The van der Waals surface area contributed by atoms with E-state index in [2.05, 4.69) is 27.2 Å². The van der Waals surface area contributed by atoms with Crippen molar-refractivity contribution in [3.8, 4) is 0 Å². The van der Waals surface area contributed by atoms with Crippen molar-refractivity contribution in [1.29, 1.82) is 0 Å². The van der Waals surface area contributed by atoms with Gasteiger partial charge in [-0.15, -0.1) is 0 Å². The Labute approximate surface area is 132 Å². The van der Waals surface area contributed by atoms with Crippen LogP contribution in [-0.2, 0) is 13.0 Å². The molecule has 0 spiro atoms. The van der Waals surface area contributed by atoms with E-state index in [4.69, 9.17) is 5.10 Å². The minimum absolute atomic E-state index is 0.395. The first-order valence-electron chi connectivity index (χ1n) is 8.60. The monoisotopic (exact) mass is 296 g/mol. The van der Waals surface area contributed by atoms with Crippen LogP contribution in [0.5, 0.6) is 0 Å². The summed E-state index contributed by atoms with van der Waals surface area (Å²) in [7, 11) is 0. The lowest BCUT2D eigenvalue weighted by atomic mass is 9.93. The average Bonchev–Trinajstić information content (AvgIpc) is 3.22. The number of aromatic nitrogens is 3. The van der Waals surface area contributed by atoms with Crippen molar-refractivity contribution in [3.63, 3.8) is 0 Å². The molecule has 0 aromatic carbocycles. The molecule has 0 unspecified atom stereocenters. The summed E-state index contributed by atoms with van der Waals surface area (Å²) < 4.78 is 2.27. The first-order valence-corrected chi connectivity index (χ1v) is 8.60. The lowest BCUT2D eigenvalue weighted by Gasteiger charge is -2.22. The van der Waals surface area contributed by atoms with Crippen LogP contribution in [0.1, 0.15) is 67.4 Å². The molecule has 1 N–H and O–H groups in total. The van der Waals surface area contributed by atoms with E-state index >= 15 is 0 Å². The van der Waals surface area contributed by atoms with Gasteiger partial charge in [0, 0.05) is 25.1 Å². The van der Waals surface area contributed by atoms with Crippen LogP contribution in [-0.4, -0.2) is 14.8 Å². The van der Waals surface area contributed by atoms with Gasteiger partial charge in [0.15, 0.2) is 0 Å². The zero-order chi connectivity index (χ0) is 14.8. The molecule has 4 nitrogen and oxygen atoms in total. The predicted molar refractivity (Wildman–Crippen MR) is 86.5 cm³/mol. The number of aryl methyl sites for hydroxylation is 1. The summed E-state index contributed by atoms with van der Waals surface area (Å²) in [6.45, 7) is 0.869. The highest BCUT2D eigenvalue weighted by Crippen LogP contribution is 2.33. The van der Waals surface area contributed by atoms with E-state index in [0.29, 0.717) is 12.1 Å². The third kappa shape index (κ3) is 2.80. The van der Waals surface area contributed by atoms with E-state index in [1.165, 1.54) is 61.8 Å². The highest BCUT2D eigenvalue weighted by atomic mass is 15.3. The predicted octanol–water partition coefficient (Wildman–Crippen LogP) is 3.56. The number of rotatable bonds is 4. The van der Waals surface area contributed by atoms with Gasteiger partial charge in [-0.2, -0.15) is 5.10 Å². The third-order valence-corrected chi connectivity index (χ3v) is 5.08. The molecule has 2 heterocycles. The van der Waals surface area contributed by atoms with Gasteiger partial charge in [0.2, 0.25) is 0 Å². The van der Waals surface area contributed by atoms with Crippen LogP contribution in [0.2, 0.25) is 0 Å². The van der Waals surface area contributed by atoms with Crippen molar-refractivity contribution >= 4 is 0 Å². The molecule has 116 valence electrons. The Morgan fingerprint density at radius 2 is 2.09 bits per heavy atom. The highest BCUT2D eigenvalue weighted by Gasteiger charge is 2.26. The van der Waals surface area contributed by atoms with Crippen LogP contribution in [0.15, 0.2) is 30.7 Å². The maximum Gasteiger partial charge on any atom is 0.0826 e. The molecule has 0 saturated heterocycles. The number of fused-ring (bicyclic) bond motifs is 1. The lowest BCUT2D eigenvalue weighted by molar-refractivity contribution is 0.427. The molecule has 2 aromatic rings. The van der Waals surface area contributed by atoms with E-state index < -0.39 is 0 Å². The Kier molecular flexibility index (Phi) is 3.94. The molecule has 2 aliphatic rings. The molecule has 2 aromatic heterocycles. The third-order valence-electron chi connectivity index (χ3n) is 5.08. The van der Waals surface area contributed by atoms with Gasteiger partial charge in [0.05, 0.1) is 17.8 Å². The Bertz CT molecular complexity index is 613. The summed E-state index contributed by atoms with van der Waals surface area (Å²) in [5, 5.41) is 8.65. The van der Waals surface area contributed by atoms with Crippen LogP contribution in [0.25, 0.3) is 0 Å². The number of nitrogens with one attached hydrogen (secondary N) is 1. The summed E-state index contributed by atoms with van der Waals surface area (Å²) in [5.41, 5.74) is 3.99. The van der Waals surface area contributed by atoms with Crippen molar-refractivity contribution < 1.29 is 0 Å². The van der Waals surface area contributed by atoms with Crippen molar-refractivity contribution in [3.05, 3.63) is 47.5 Å². The summed E-state index contributed by atoms with van der Waals surface area (Å²) in [5.74, 6) is 0. The van der Waals surface area contributed by atoms with Gasteiger partial charge in [0.1, 0.15) is 0 Å². The molecule has 0 radical (unpaired) electrons. The fourth-order valence-corrected chi connectivity index (χ4v) is 3.86. The lowest BCUT2D eigenvalue weighted by Crippen LogP contribution is -2.25. The number of hydrogen-bond acceptors (Lipinski definition) is 3. The molecule has 0 amide bonds. The molecule has 1 saturated carbocycles. The van der Waals surface area contributed by atoms with Crippen LogP contribution in [0, 0.1) is 0 Å². The maximum atomic E-state index is 4.97. The minimum atomic E-state index is 0.395. The fraction of sp³-hybridized carbons (Fsp3) is 0.556. The van der Waals surface area contributed by atoms with Gasteiger partial charge in [0.25, 0.3) is 0 Å². The van der Waals surface area contributed by atoms with Crippen LogP contribution < -0.4 is 5.32 Å². The Morgan fingerprint density at radius 1 is 1.18 bits per heavy atom. The standard InChI is InChI=1S/C18H24N4/c1-2-8-16(7-1)22-13-15-6-3-9-17(18(15)21-22)20-12-14-5-4-10-19-11-14/h4-5,10-11,13,16-17,20H,1-3,6-9,12H2/t17-/m0/s1. The average molecular weight is 296 g/mol. The summed E-state index contributed by atoms with van der Waals surface area (Å²) in [6.07, 6.45) is 15.0. The fourth-order valence-electron chi connectivity index (χ4n) is 3.86. The molecular formula is C18H24N4. The van der Waals surface area contributed by atoms with Gasteiger partial charge in [-0.05, 0) is 49.3 Å². The van der Waals surface area contributed by atoms with Crippen LogP contribution >= 0.6 is 0 Å². The van der Waals surface area contributed by atoms with E-state index in [1.54, 1.807) is 0 Å². The first-order chi connectivity index (χ1) is 10.9. The van der Waals surface area contributed by atoms with E-state index in [9.17, 15) is 0 Å².